The summed E-state index contributed by atoms with van der Waals surface area (Å²) in [4.78, 5) is 13.8. The summed E-state index contributed by atoms with van der Waals surface area (Å²) < 4.78 is 64.6. The van der Waals surface area contributed by atoms with Crippen molar-refractivity contribution in [3.63, 3.8) is 0 Å². The van der Waals surface area contributed by atoms with E-state index in [2.05, 4.69) is 6.92 Å². The summed E-state index contributed by atoms with van der Waals surface area (Å²) in [5, 5.41) is 11.2. The molecule has 4 aliphatic rings. The van der Waals surface area contributed by atoms with Crippen molar-refractivity contribution in [3.8, 4) is 0 Å². The number of carbonyl (C=O) groups is 1. The lowest BCUT2D eigenvalue weighted by atomic mass is 9.44. The first-order chi connectivity index (χ1) is 17.6. The predicted molar refractivity (Wildman–Crippen MR) is 121 cm³/mol. The van der Waals surface area contributed by atoms with Gasteiger partial charge in [-0.25, -0.2) is 0 Å². The molecule has 1 N–H and O–H groups in total. The van der Waals surface area contributed by atoms with Crippen molar-refractivity contribution in [1.29, 1.82) is 0 Å². The average Bonchev–Trinajstić information content (AvgIpc) is 3.29. The van der Waals surface area contributed by atoms with Crippen LogP contribution < -0.4 is 0 Å². The van der Waals surface area contributed by atoms with Crippen molar-refractivity contribution >= 4 is 5.78 Å². The van der Waals surface area contributed by atoms with Crippen LogP contribution in [-0.4, -0.2) is 34.7 Å². The minimum atomic E-state index is -2.10. The molecule has 4 aliphatic carbocycles. The Hall–Kier alpha value is -1.13. The maximum absolute atomic E-state index is 13.8. The minimum Gasteiger partial charge on any atom is -0.387 e. The molecule has 0 saturated heterocycles. The second-order valence-electron chi connectivity index (χ2n) is 11.1. The number of ketones is 1. The summed E-state index contributed by atoms with van der Waals surface area (Å²) in [5.41, 5.74) is -2.17. The fourth-order valence-electron chi connectivity index (χ4n) is 8.25. The average molecular weight is 435 g/mol. The van der Waals surface area contributed by atoms with E-state index in [-0.39, 0.29) is 35.6 Å². The zero-order valence-electron chi connectivity index (χ0n) is 26.0. The van der Waals surface area contributed by atoms with Crippen molar-refractivity contribution in [1.82, 2.24) is 4.57 Å². The van der Waals surface area contributed by atoms with E-state index in [1.165, 1.54) is 13.2 Å². The molecule has 1 aromatic heterocycles. The molecular weight excluding hydrogens is 386 g/mol. The normalized spacial score (nSPS) is 53.9. The molecule has 0 spiro atoms. The monoisotopic (exact) mass is 434 g/mol. The summed E-state index contributed by atoms with van der Waals surface area (Å²) in [6.45, 7) is 0.648. The number of methoxy groups -OCH3 is 1. The van der Waals surface area contributed by atoms with Crippen LogP contribution in [0.4, 0.5) is 0 Å². The fourth-order valence-corrected chi connectivity index (χ4v) is 8.25. The van der Waals surface area contributed by atoms with Crippen LogP contribution in [0.3, 0.4) is 0 Å². The molecule has 0 aromatic carbocycles. The highest BCUT2D eigenvalue weighted by Crippen LogP contribution is 2.68. The smallest absolute Gasteiger partial charge is 0.156 e. The SMILES string of the molecule is [2H]c1cc([2H])n(C([2H])C(=O)[C@@]2([2H])CC[C@H]3[C@@H]4CC[C@H]5C[C@@](O)(C([2H])([2H])OC)CC[C@]5(C)[C@H]4CC[C@@]32C)c1[2H]. The van der Waals surface area contributed by atoms with E-state index in [1.54, 1.807) is 0 Å². The Balaban J connectivity index is 1.40. The van der Waals surface area contributed by atoms with E-state index >= 15 is 0 Å². The van der Waals surface area contributed by atoms with Gasteiger partial charge in [0.15, 0.2) is 5.78 Å². The predicted octanol–water partition coefficient (Wildman–Crippen LogP) is 5.09. The summed E-state index contributed by atoms with van der Waals surface area (Å²) in [6, 6.07) is 0.971. The molecule has 1 unspecified atom stereocenters. The van der Waals surface area contributed by atoms with Gasteiger partial charge in [0.2, 0.25) is 0 Å². The van der Waals surface area contributed by atoms with E-state index in [1.807, 2.05) is 6.92 Å². The molecule has 172 valence electrons. The lowest BCUT2D eigenvalue weighted by Gasteiger charge is -2.62. The lowest BCUT2D eigenvalue weighted by Crippen LogP contribution is -2.56. The summed E-state index contributed by atoms with van der Waals surface area (Å²) in [7, 11) is 1.30. The Kier molecular flexibility index (Phi) is 3.72. The van der Waals surface area contributed by atoms with Gasteiger partial charge in [-0.05, 0) is 104 Å². The molecule has 1 aromatic rings. The second kappa shape index (κ2) is 7.73. The van der Waals surface area contributed by atoms with Gasteiger partial charge in [0, 0.05) is 26.7 Å². The van der Waals surface area contributed by atoms with Gasteiger partial charge in [0.25, 0.3) is 0 Å². The molecule has 31 heavy (non-hydrogen) atoms. The Bertz CT molecular complexity index is 1130. The summed E-state index contributed by atoms with van der Waals surface area (Å²) >= 11 is 0. The van der Waals surface area contributed by atoms with Crippen molar-refractivity contribution in [2.24, 2.45) is 40.4 Å². The number of fused-ring (bicyclic) bond motifs is 5. The molecule has 0 bridgehead atoms. The molecule has 1 heterocycles. The zero-order chi connectivity index (χ0) is 28.1. The van der Waals surface area contributed by atoms with Crippen LogP contribution in [0, 0.1) is 40.4 Å². The van der Waals surface area contributed by atoms with Crippen LogP contribution in [0.2, 0.25) is 0 Å². The van der Waals surface area contributed by atoms with Crippen molar-refractivity contribution in [2.45, 2.75) is 83.8 Å². The van der Waals surface area contributed by atoms with Crippen LogP contribution in [0.15, 0.2) is 24.5 Å². The Morgan fingerprint density at radius 3 is 2.71 bits per heavy atom. The van der Waals surface area contributed by atoms with Crippen LogP contribution in [0.25, 0.3) is 0 Å². The number of hydrogen-bond acceptors (Lipinski definition) is 3. The number of aromatic nitrogens is 1. The van der Waals surface area contributed by atoms with E-state index in [0.717, 1.165) is 30.3 Å². The highest BCUT2D eigenvalue weighted by atomic mass is 16.5. The van der Waals surface area contributed by atoms with Gasteiger partial charge in [-0.2, -0.15) is 0 Å². The quantitative estimate of drug-likeness (QED) is 0.702. The number of ether oxygens (including phenoxy) is 1. The molecule has 0 aliphatic heterocycles. The zero-order valence-corrected chi connectivity index (χ0v) is 19.0. The number of hydrogen-bond donors (Lipinski definition) is 1. The third-order valence-corrected chi connectivity index (χ3v) is 9.81. The fraction of sp³-hybridized carbons (Fsp3) is 0.815. The third kappa shape index (κ3) is 3.44. The molecule has 4 saturated carbocycles. The highest BCUT2D eigenvalue weighted by Gasteiger charge is 2.62. The Morgan fingerprint density at radius 1 is 1.16 bits per heavy atom. The van der Waals surface area contributed by atoms with Gasteiger partial charge in [0.1, 0.15) is 0 Å². The van der Waals surface area contributed by atoms with Gasteiger partial charge in [-0.15, -0.1) is 0 Å². The first-order valence-electron chi connectivity index (χ1n) is 15.5. The van der Waals surface area contributed by atoms with Crippen LogP contribution in [0.1, 0.15) is 81.2 Å². The van der Waals surface area contributed by atoms with Gasteiger partial charge in [-0.1, -0.05) is 13.8 Å². The minimum absolute atomic E-state index is 0.0501. The van der Waals surface area contributed by atoms with E-state index in [9.17, 15) is 11.3 Å². The lowest BCUT2D eigenvalue weighted by molar-refractivity contribution is -0.164. The first kappa shape index (κ1) is 14.9. The molecule has 0 amide bonds. The van der Waals surface area contributed by atoms with Gasteiger partial charge in [-0.3, -0.25) is 4.79 Å². The second-order valence-corrected chi connectivity index (χ2v) is 11.1. The summed E-state index contributed by atoms with van der Waals surface area (Å²) in [6.07, 6.45) is 5.27. The van der Waals surface area contributed by atoms with Crippen LogP contribution in [-0.2, 0) is 16.1 Å². The van der Waals surface area contributed by atoms with Gasteiger partial charge >= 0.3 is 0 Å². The molecule has 4 heteroatoms. The maximum Gasteiger partial charge on any atom is 0.156 e. The van der Waals surface area contributed by atoms with Crippen molar-refractivity contribution in [2.75, 3.05) is 13.7 Å². The highest BCUT2D eigenvalue weighted by molar-refractivity contribution is 5.82. The molecular formula is C27H41NO3. The number of Topliss-reactive ketones (excluding diaryl/α,β-unsaturated/α-hetero) is 1. The van der Waals surface area contributed by atoms with Crippen LogP contribution >= 0.6 is 0 Å². The molecule has 5 rings (SSSR count). The third-order valence-electron chi connectivity index (χ3n) is 9.81. The molecule has 4 nitrogen and oxygen atoms in total. The number of nitrogens with zero attached hydrogens (tertiary/aromatic N) is 1. The summed E-state index contributed by atoms with van der Waals surface area (Å²) in [5.74, 6) is -1.04. The molecule has 4 fully saturated rings. The molecule has 0 radical (unpaired) electrons. The van der Waals surface area contributed by atoms with E-state index in [4.69, 9.17) is 13.0 Å². The first-order valence-corrected chi connectivity index (χ1v) is 12.0. The Labute approximate surface area is 197 Å². The van der Waals surface area contributed by atoms with Crippen molar-refractivity contribution in [3.05, 3.63) is 24.5 Å². The maximum atomic E-state index is 13.8. The van der Waals surface area contributed by atoms with Crippen LogP contribution in [0.5, 0.6) is 0 Å². The largest absolute Gasteiger partial charge is 0.387 e. The van der Waals surface area contributed by atoms with Crippen molar-refractivity contribution < 1.29 is 24.2 Å². The number of aliphatic hydroxyl groups is 1. The standard InChI is InChI=1S/C27H41NO3/c1-25-12-13-27(30,18-31-3)16-19(25)6-7-20-21-8-9-23(26(21,2)11-10-22(20)25)24(29)17-28-14-4-5-15-28/h4-5,14-15,19-23,30H,6-13,16-18H2,1-3H3/t19-,20-,21-,22-,23+,25-,26-,27+/m0/s1/i4D,14D,15D,17D,18D2,23D/t17?,19-,20-,21-,22-,23+,25-,26-,27+. The Morgan fingerprint density at radius 2 is 1.97 bits per heavy atom. The van der Waals surface area contributed by atoms with E-state index in [0.29, 0.717) is 43.9 Å². The van der Waals surface area contributed by atoms with E-state index < -0.39 is 35.8 Å². The number of carbonyl (C=O) groups excluding carboxylic acids is 1. The molecule has 9 atom stereocenters. The van der Waals surface area contributed by atoms with Gasteiger partial charge < -0.3 is 14.4 Å². The number of rotatable bonds is 5. The van der Waals surface area contributed by atoms with Gasteiger partial charge in [0.05, 0.1) is 26.9 Å². The topological polar surface area (TPSA) is 51.5 Å².